The number of hydrogen-bond acceptors (Lipinski definition) is 3. The zero-order chi connectivity index (χ0) is 15.0. The molecule has 3 rings (SSSR count). The second-order valence-electron chi connectivity index (χ2n) is 6.23. The van der Waals surface area contributed by atoms with E-state index in [-0.39, 0.29) is 11.9 Å². The fourth-order valence-electron chi connectivity index (χ4n) is 3.33. The molecular weight excluding hydrogens is 268 g/mol. The minimum atomic E-state index is -0.853. The van der Waals surface area contributed by atoms with Gasteiger partial charge in [-0.2, -0.15) is 0 Å². The predicted molar refractivity (Wildman–Crippen MR) is 77.8 cm³/mol. The number of benzene rings is 1. The van der Waals surface area contributed by atoms with Crippen molar-refractivity contribution in [3.05, 3.63) is 34.9 Å². The van der Waals surface area contributed by atoms with Crippen molar-refractivity contribution < 1.29 is 14.7 Å². The van der Waals surface area contributed by atoms with Gasteiger partial charge >= 0.3 is 5.97 Å². The third kappa shape index (κ3) is 2.42. The Morgan fingerprint density at radius 2 is 2.10 bits per heavy atom. The molecule has 0 saturated heterocycles. The van der Waals surface area contributed by atoms with Crippen LogP contribution in [0.2, 0.25) is 0 Å². The molecule has 0 bridgehead atoms. The van der Waals surface area contributed by atoms with Gasteiger partial charge in [-0.1, -0.05) is 12.5 Å². The van der Waals surface area contributed by atoms with Crippen molar-refractivity contribution in [2.75, 3.05) is 0 Å². The number of fused-ring (bicyclic) bond motifs is 1. The summed E-state index contributed by atoms with van der Waals surface area (Å²) in [5, 5.41) is 15.6. The molecule has 0 aromatic heterocycles. The highest BCUT2D eigenvalue weighted by atomic mass is 16.4. The van der Waals surface area contributed by atoms with Crippen molar-refractivity contribution >= 4 is 11.9 Å². The van der Waals surface area contributed by atoms with Gasteiger partial charge in [0, 0.05) is 24.7 Å². The lowest BCUT2D eigenvalue weighted by atomic mass is 9.85. The van der Waals surface area contributed by atoms with Crippen LogP contribution in [0, 0.1) is 5.41 Å². The van der Waals surface area contributed by atoms with E-state index in [0.29, 0.717) is 12.0 Å². The molecule has 3 N–H and O–H groups in total. The molecule has 5 nitrogen and oxygen atoms in total. The zero-order valence-electron chi connectivity index (χ0n) is 12.1. The Hall–Kier alpha value is -1.88. The molecule has 2 atom stereocenters. The highest BCUT2D eigenvalue weighted by Gasteiger charge is 2.45. The number of carbonyl (C=O) groups is 2. The van der Waals surface area contributed by atoms with Gasteiger partial charge in [0.25, 0.3) is 5.91 Å². The first-order chi connectivity index (χ1) is 10.0. The molecule has 1 aromatic rings. The number of carbonyl (C=O) groups excluding carboxylic acids is 1. The van der Waals surface area contributed by atoms with Crippen LogP contribution in [0.25, 0.3) is 0 Å². The average Bonchev–Trinajstić information content (AvgIpc) is 3.06. The quantitative estimate of drug-likeness (QED) is 0.790. The van der Waals surface area contributed by atoms with Gasteiger partial charge in [0.1, 0.15) is 0 Å². The maximum Gasteiger partial charge on any atom is 0.311 e. The molecule has 0 spiro atoms. The summed E-state index contributed by atoms with van der Waals surface area (Å²) in [6.07, 6.45) is 2.17. The summed E-state index contributed by atoms with van der Waals surface area (Å²) in [7, 11) is 0. The number of aliphatic carboxylic acids is 1. The first-order valence-electron chi connectivity index (χ1n) is 7.37. The first-order valence-corrected chi connectivity index (χ1v) is 7.37. The molecule has 1 heterocycles. The number of carboxylic acid groups (broad SMARTS) is 1. The lowest BCUT2D eigenvalue weighted by Gasteiger charge is -2.27. The van der Waals surface area contributed by atoms with Gasteiger partial charge in [-0.15, -0.1) is 0 Å². The molecule has 1 aliphatic carbocycles. The van der Waals surface area contributed by atoms with Crippen LogP contribution < -0.4 is 10.6 Å². The van der Waals surface area contributed by atoms with Crippen molar-refractivity contribution in [2.24, 2.45) is 5.41 Å². The number of hydrogen-bond donors (Lipinski definition) is 3. The number of rotatable bonds is 3. The second kappa shape index (κ2) is 5.15. The van der Waals surface area contributed by atoms with E-state index >= 15 is 0 Å². The van der Waals surface area contributed by atoms with E-state index < -0.39 is 11.4 Å². The molecule has 5 heteroatoms. The molecule has 1 saturated carbocycles. The van der Waals surface area contributed by atoms with Gasteiger partial charge in [0.05, 0.1) is 5.41 Å². The van der Waals surface area contributed by atoms with E-state index in [0.717, 1.165) is 31.5 Å². The third-order valence-corrected chi connectivity index (χ3v) is 4.85. The lowest BCUT2D eigenvalue weighted by molar-refractivity contribution is -0.148. The Morgan fingerprint density at radius 3 is 2.86 bits per heavy atom. The van der Waals surface area contributed by atoms with Gasteiger partial charge < -0.3 is 15.7 Å². The van der Waals surface area contributed by atoms with Crippen molar-refractivity contribution in [1.29, 1.82) is 0 Å². The summed E-state index contributed by atoms with van der Waals surface area (Å²) in [5.41, 5.74) is 2.13. The van der Waals surface area contributed by atoms with Crippen molar-refractivity contribution in [2.45, 2.75) is 45.3 Å². The Balaban J connectivity index is 1.76. The Bertz CT molecular complexity index is 599. The molecular formula is C16H20N2O3. The molecule has 112 valence electrons. The van der Waals surface area contributed by atoms with Gasteiger partial charge in [0.2, 0.25) is 0 Å². The van der Waals surface area contributed by atoms with E-state index in [2.05, 4.69) is 10.6 Å². The van der Waals surface area contributed by atoms with Crippen LogP contribution in [0.1, 0.15) is 47.7 Å². The molecule has 2 aliphatic rings. The van der Waals surface area contributed by atoms with Crippen molar-refractivity contribution in [3.63, 3.8) is 0 Å². The summed E-state index contributed by atoms with van der Waals surface area (Å²) in [6.45, 7) is 3.35. The topological polar surface area (TPSA) is 78.4 Å². The maximum atomic E-state index is 12.4. The second-order valence-corrected chi connectivity index (χ2v) is 6.23. The van der Waals surface area contributed by atoms with E-state index in [9.17, 15) is 14.7 Å². The largest absolute Gasteiger partial charge is 0.481 e. The van der Waals surface area contributed by atoms with E-state index in [1.807, 2.05) is 18.2 Å². The molecule has 1 fully saturated rings. The number of nitrogens with one attached hydrogen (secondary N) is 2. The first kappa shape index (κ1) is 14.1. The van der Waals surface area contributed by atoms with E-state index in [1.165, 1.54) is 5.56 Å². The van der Waals surface area contributed by atoms with Gasteiger partial charge in [-0.3, -0.25) is 9.59 Å². The Kier molecular flexibility index (Phi) is 3.45. The zero-order valence-corrected chi connectivity index (χ0v) is 12.1. The number of amides is 1. The summed E-state index contributed by atoms with van der Waals surface area (Å²) in [5.74, 6) is -1.01. The third-order valence-electron chi connectivity index (χ3n) is 4.85. The minimum absolute atomic E-state index is 0.177. The summed E-state index contributed by atoms with van der Waals surface area (Å²) < 4.78 is 0. The fraction of sp³-hybridized carbons (Fsp3) is 0.500. The van der Waals surface area contributed by atoms with Crippen LogP contribution in [0.5, 0.6) is 0 Å². The normalized spacial score (nSPS) is 27.4. The van der Waals surface area contributed by atoms with Crippen LogP contribution in [0.4, 0.5) is 0 Å². The fourth-order valence-corrected chi connectivity index (χ4v) is 3.33. The van der Waals surface area contributed by atoms with Crippen LogP contribution in [-0.2, 0) is 17.9 Å². The maximum absolute atomic E-state index is 12.4. The molecule has 1 aromatic carbocycles. The monoisotopic (exact) mass is 288 g/mol. The molecule has 21 heavy (non-hydrogen) atoms. The van der Waals surface area contributed by atoms with Crippen LogP contribution in [-0.4, -0.2) is 23.0 Å². The average molecular weight is 288 g/mol. The predicted octanol–water partition coefficient (Wildman–Crippen LogP) is 1.66. The van der Waals surface area contributed by atoms with Crippen LogP contribution >= 0.6 is 0 Å². The van der Waals surface area contributed by atoms with Gasteiger partial charge in [-0.25, -0.2) is 0 Å². The van der Waals surface area contributed by atoms with E-state index in [1.54, 1.807) is 6.92 Å². The van der Waals surface area contributed by atoms with Crippen molar-refractivity contribution in [1.82, 2.24) is 10.6 Å². The Morgan fingerprint density at radius 1 is 1.33 bits per heavy atom. The Labute approximate surface area is 123 Å². The summed E-state index contributed by atoms with van der Waals surface area (Å²) in [4.78, 5) is 23.8. The van der Waals surface area contributed by atoms with Crippen molar-refractivity contribution in [3.8, 4) is 0 Å². The highest BCUT2D eigenvalue weighted by molar-refractivity contribution is 5.95. The molecule has 1 amide bonds. The number of carboxylic acids is 1. The van der Waals surface area contributed by atoms with Gasteiger partial charge in [0.15, 0.2) is 0 Å². The minimum Gasteiger partial charge on any atom is -0.481 e. The van der Waals surface area contributed by atoms with E-state index in [4.69, 9.17) is 0 Å². The lowest BCUT2D eigenvalue weighted by Crippen LogP contribution is -2.47. The van der Waals surface area contributed by atoms with Crippen LogP contribution in [0.3, 0.4) is 0 Å². The molecule has 2 unspecified atom stereocenters. The van der Waals surface area contributed by atoms with Crippen LogP contribution in [0.15, 0.2) is 18.2 Å². The summed E-state index contributed by atoms with van der Waals surface area (Å²) in [6, 6.07) is 5.38. The SMILES string of the molecule is CC1(C(=O)O)CCCC1NC(=O)c1ccc2c(c1)CNC2. The molecule has 0 radical (unpaired) electrons. The molecule has 1 aliphatic heterocycles. The highest BCUT2D eigenvalue weighted by Crippen LogP contribution is 2.38. The standard InChI is InChI=1S/C16H20N2O3/c1-16(15(20)21)6-2-3-13(16)18-14(19)10-4-5-11-8-17-9-12(11)7-10/h4-5,7,13,17H,2-3,6,8-9H2,1H3,(H,18,19)(H,20,21). The summed E-state index contributed by atoms with van der Waals surface area (Å²) >= 11 is 0. The smallest absolute Gasteiger partial charge is 0.311 e. The van der Waals surface area contributed by atoms with Gasteiger partial charge in [-0.05, 0) is 43.0 Å².